The van der Waals surface area contributed by atoms with Gasteiger partial charge in [0, 0.05) is 0 Å². The van der Waals surface area contributed by atoms with E-state index in [0.29, 0.717) is 0 Å². The summed E-state index contributed by atoms with van der Waals surface area (Å²) in [6.45, 7) is 0.429. The summed E-state index contributed by atoms with van der Waals surface area (Å²) in [4.78, 5) is 11.9. The number of para-hydroxylation sites is 2. The summed E-state index contributed by atoms with van der Waals surface area (Å²) in [5.41, 5.74) is -0.594. The van der Waals surface area contributed by atoms with Gasteiger partial charge in [-0.25, -0.2) is 0 Å². The third-order valence-corrected chi connectivity index (χ3v) is 2.54. The second kappa shape index (κ2) is 5.77. The predicted octanol–water partition coefficient (Wildman–Crippen LogP) is 2.22. The zero-order chi connectivity index (χ0) is 13.8. The highest BCUT2D eigenvalue weighted by molar-refractivity contribution is 5.98. The number of likely N-dealkylation sites (N-methyl/N-ethyl adjacent to an activating group) is 1. The summed E-state index contributed by atoms with van der Waals surface area (Å²) in [7, 11) is 1.64. The summed E-state index contributed by atoms with van der Waals surface area (Å²) in [6.07, 6.45) is 0. The molecule has 0 saturated heterocycles. The van der Waals surface area contributed by atoms with Gasteiger partial charge in [-0.2, -0.15) is 8.78 Å². The number of halogens is 2. The first-order valence-electron chi connectivity index (χ1n) is 5.41. The molecular weight excluding hydrogens is 242 g/mol. The lowest BCUT2D eigenvalue weighted by molar-refractivity contribution is -0.121. The van der Waals surface area contributed by atoms with E-state index in [1.54, 1.807) is 33.0 Å². The van der Waals surface area contributed by atoms with E-state index >= 15 is 0 Å². The Bertz CT molecular complexity index is 422. The van der Waals surface area contributed by atoms with Crippen molar-refractivity contribution in [2.45, 2.75) is 26.0 Å². The number of hydrogen-bond acceptors (Lipinski definition) is 3. The quantitative estimate of drug-likeness (QED) is 0.851. The van der Waals surface area contributed by atoms with Gasteiger partial charge in [-0.15, -0.1) is 0 Å². The summed E-state index contributed by atoms with van der Waals surface area (Å²) < 4.78 is 28.7. The predicted molar refractivity (Wildman–Crippen MR) is 64.8 cm³/mol. The Morgan fingerprint density at radius 1 is 1.33 bits per heavy atom. The summed E-state index contributed by atoms with van der Waals surface area (Å²) in [5, 5.41) is 5.37. The Morgan fingerprint density at radius 3 is 2.50 bits per heavy atom. The number of alkyl halides is 2. The van der Waals surface area contributed by atoms with Crippen LogP contribution in [0.1, 0.15) is 13.8 Å². The van der Waals surface area contributed by atoms with Gasteiger partial charge in [-0.3, -0.25) is 4.79 Å². The van der Waals surface area contributed by atoms with Crippen molar-refractivity contribution >= 4 is 11.6 Å². The Kier molecular flexibility index (Phi) is 4.61. The molecule has 18 heavy (non-hydrogen) atoms. The molecule has 1 rings (SSSR count). The Morgan fingerprint density at radius 2 is 1.94 bits per heavy atom. The molecule has 0 aliphatic rings. The molecule has 0 aliphatic carbocycles. The second-order valence-electron chi connectivity index (χ2n) is 4.20. The number of carbonyl (C=O) groups excluding carboxylic acids is 1. The van der Waals surface area contributed by atoms with E-state index in [9.17, 15) is 13.6 Å². The van der Waals surface area contributed by atoms with Crippen LogP contribution in [0, 0.1) is 0 Å². The first-order chi connectivity index (χ1) is 8.36. The van der Waals surface area contributed by atoms with Crippen LogP contribution in [0.25, 0.3) is 0 Å². The molecule has 0 radical (unpaired) electrons. The van der Waals surface area contributed by atoms with Crippen LogP contribution in [-0.4, -0.2) is 25.1 Å². The molecule has 0 saturated carbocycles. The van der Waals surface area contributed by atoms with Crippen molar-refractivity contribution in [3.63, 3.8) is 0 Å². The van der Waals surface area contributed by atoms with Crippen LogP contribution in [0.2, 0.25) is 0 Å². The standard InChI is InChI=1S/C12H16F2N2O2/c1-12(2,15-3)10(17)16-8-6-4-5-7-9(8)18-11(13)14/h4-7,11,15H,1-3H3,(H,16,17). The molecule has 1 aromatic carbocycles. The molecule has 0 unspecified atom stereocenters. The zero-order valence-corrected chi connectivity index (χ0v) is 10.5. The molecule has 0 heterocycles. The molecule has 1 aromatic rings. The van der Waals surface area contributed by atoms with E-state index in [1.807, 2.05) is 0 Å². The minimum Gasteiger partial charge on any atom is -0.433 e. The average Bonchev–Trinajstić information content (AvgIpc) is 2.31. The van der Waals surface area contributed by atoms with E-state index in [0.717, 1.165) is 0 Å². The molecule has 1 amide bonds. The van der Waals surface area contributed by atoms with Gasteiger partial charge in [0.2, 0.25) is 5.91 Å². The number of anilines is 1. The van der Waals surface area contributed by atoms with Gasteiger partial charge in [0.25, 0.3) is 0 Å². The maximum absolute atomic E-state index is 12.2. The smallest absolute Gasteiger partial charge is 0.387 e. The Balaban J connectivity index is 2.87. The fourth-order valence-corrected chi connectivity index (χ4v) is 1.16. The van der Waals surface area contributed by atoms with E-state index in [4.69, 9.17) is 0 Å². The monoisotopic (exact) mass is 258 g/mol. The number of amides is 1. The largest absolute Gasteiger partial charge is 0.433 e. The van der Waals surface area contributed by atoms with Gasteiger partial charge in [-0.05, 0) is 33.0 Å². The topological polar surface area (TPSA) is 50.4 Å². The van der Waals surface area contributed by atoms with E-state index in [2.05, 4.69) is 15.4 Å². The Hall–Kier alpha value is -1.69. The summed E-state index contributed by atoms with van der Waals surface area (Å²) in [5.74, 6) is -0.400. The van der Waals surface area contributed by atoms with Crippen molar-refractivity contribution in [3.8, 4) is 5.75 Å². The van der Waals surface area contributed by atoms with Crippen LogP contribution in [0.5, 0.6) is 5.75 Å². The van der Waals surface area contributed by atoms with Crippen molar-refractivity contribution in [1.82, 2.24) is 5.32 Å². The van der Waals surface area contributed by atoms with Crippen molar-refractivity contribution in [2.24, 2.45) is 0 Å². The molecule has 0 aliphatic heterocycles. The molecule has 100 valence electrons. The highest BCUT2D eigenvalue weighted by atomic mass is 19.3. The van der Waals surface area contributed by atoms with Crippen LogP contribution in [-0.2, 0) is 4.79 Å². The number of nitrogens with one attached hydrogen (secondary N) is 2. The lowest BCUT2D eigenvalue weighted by Gasteiger charge is -2.23. The minimum absolute atomic E-state index is 0.0623. The lowest BCUT2D eigenvalue weighted by atomic mass is 10.1. The molecule has 4 nitrogen and oxygen atoms in total. The first-order valence-corrected chi connectivity index (χ1v) is 5.41. The van der Waals surface area contributed by atoms with Gasteiger partial charge < -0.3 is 15.4 Å². The van der Waals surface area contributed by atoms with Crippen LogP contribution in [0.3, 0.4) is 0 Å². The normalized spacial score (nSPS) is 11.4. The SMILES string of the molecule is CNC(C)(C)C(=O)Nc1ccccc1OC(F)F. The van der Waals surface area contributed by atoms with Gasteiger partial charge in [-0.1, -0.05) is 12.1 Å². The van der Waals surface area contributed by atoms with Gasteiger partial charge >= 0.3 is 6.61 Å². The van der Waals surface area contributed by atoms with Crippen molar-refractivity contribution < 1.29 is 18.3 Å². The molecular formula is C12H16F2N2O2. The third kappa shape index (κ3) is 3.66. The van der Waals surface area contributed by atoms with Crippen molar-refractivity contribution in [1.29, 1.82) is 0 Å². The molecule has 2 N–H and O–H groups in total. The highest BCUT2D eigenvalue weighted by Gasteiger charge is 2.26. The molecule has 0 spiro atoms. The van der Waals surface area contributed by atoms with E-state index in [-0.39, 0.29) is 17.3 Å². The molecule has 0 bridgehead atoms. The molecule has 0 aromatic heterocycles. The highest BCUT2D eigenvalue weighted by Crippen LogP contribution is 2.26. The van der Waals surface area contributed by atoms with Gasteiger partial charge in [0.05, 0.1) is 11.2 Å². The summed E-state index contributed by atoms with van der Waals surface area (Å²) >= 11 is 0. The fourth-order valence-electron chi connectivity index (χ4n) is 1.16. The zero-order valence-electron chi connectivity index (χ0n) is 10.5. The Labute approximate surface area is 104 Å². The van der Waals surface area contributed by atoms with Crippen LogP contribution in [0.4, 0.5) is 14.5 Å². The van der Waals surface area contributed by atoms with E-state index in [1.165, 1.54) is 12.1 Å². The van der Waals surface area contributed by atoms with Crippen molar-refractivity contribution in [2.75, 3.05) is 12.4 Å². The molecule has 6 heteroatoms. The average molecular weight is 258 g/mol. The van der Waals surface area contributed by atoms with Crippen LogP contribution in [0.15, 0.2) is 24.3 Å². The van der Waals surface area contributed by atoms with Crippen molar-refractivity contribution in [3.05, 3.63) is 24.3 Å². The lowest BCUT2D eigenvalue weighted by Crippen LogP contribution is -2.47. The summed E-state index contributed by atoms with van der Waals surface area (Å²) in [6, 6.07) is 6.05. The fraction of sp³-hybridized carbons (Fsp3) is 0.417. The molecule has 0 atom stereocenters. The van der Waals surface area contributed by atoms with Gasteiger partial charge in [0.1, 0.15) is 5.75 Å². The number of rotatable bonds is 5. The number of carbonyl (C=O) groups is 1. The van der Waals surface area contributed by atoms with Crippen LogP contribution >= 0.6 is 0 Å². The van der Waals surface area contributed by atoms with Gasteiger partial charge in [0.15, 0.2) is 0 Å². The van der Waals surface area contributed by atoms with E-state index < -0.39 is 12.2 Å². The number of hydrogen-bond donors (Lipinski definition) is 2. The third-order valence-electron chi connectivity index (χ3n) is 2.54. The number of benzene rings is 1. The first kappa shape index (κ1) is 14.4. The van der Waals surface area contributed by atoms with Crippen LogP contribution < -0.4 is 15.4 Å². The minimum atomic E-state index is -2.93. The number of ether oxygens (including phenoxy) is 1. The second-order valence-corrected chi connectivity index (χ2v) is 4.20. The maximum atomic E-state index is 12.2. The molecule has 0 fully saturated rings. The maximum Gasteiger partial charge on any atom is 0.387 e.